The molecule has 0 aliphatic heterocycles. The molecule has 27 heavy (non-hydrogen) atoms. The third kappa shape index (κ3) is 4.82. The molecule has 1 N–H and O–H groups in total. The zero-order valence-corrected chi connectivity index (χ0v) is 16.1. The first-order valence-corrected chi connectivity index (χ1v) is 9.19. The van der Waals surface area contributed by atoms with E-state index in [1.54, 1.807) is 26.4 Å². The highest BCUT2D eigenvalue weighted by Gasteiger charge is 2.13. The predicted octanol–water partition coefficient (Wildman–Crippen LogP) is 2.77. The van der Waals surface area contributed by atoms with Crippen LogP contribution in [-0.2, 0) is 17.8 Å². The molecule has 142 valence electrons. The molecule has 0 aliphatic rings. The van der Waals surface area contributed by atoms with Gasteiger partial charge < -0.3 is 19.3 Å². The number of methoxy groups -OCH3 is 2. The third-order valence-corrected chi connectivity index (χ3v) is 4.75. The minimum atomic E-state index is -0.0891. The second-order valence-electron chi connectivity index (χ2n) is 5.74. The number of hydrogen-bond donors (Lipinski definition) is 1. The van der Waals surface area contributed by atoms with Gasteiger partial charge in [0, 0.05) is 29.5 Å². The average Bonchev–Trinajstić information content (AvgIpc) is 3.33. The van der Waals surface area contributed by atoms with Gasteiger partial charge in [0.1, 0.15) is 5.01 Å². The summed E-state index contributed by atoms with van der Waals surface area (Å²) in [5.41, 5.74) is 1.70. The van der Waals surface area contributed by atoms with Gasteiger partial charge >= 0.3 is 0 Å². The first-order chi connectivity index (χ1) is 13.1. The van der Waals surface area contributed by atoms with E-state index in [1.807, 2.05) is 18.4 Å². The number of nitrogens with one attached hydrogen (secondary N) is 1. The Bertz CT molecular complexity index is 922. The maximum absolute atomic E-state index is 12.0. The van der Waals surface area contributed by atoms with Gasteiger partial charge in [0.05, 0.1) is 20.8 Å². The molecule has 0 unspecified atom stereocenters. The minimum Gasteiger partial charge on any atom is -0.493 e. The Balaban J connectivity index is 1.55. The maximum Gasteiger partial charge on any atom is 0.227 e. The predicted molar refractivity (Wildman–Crippen MR) is 99.9 cm³/mol. The van der Waals surface area contributed by atoms with Crippen molar-refractivity contribution >= 4 is 17.2 Å². The second-order valence-corrected chi connectivity index (χ2v) is 6.68. The molecular formula is C18H20N4O4S. The van der Waals surface area contributed by atoms with Gasteiger partial charge in [-0.05, 0) is 25.1 Å². The van der Waals surface area contributed by atoms with E-state index in [0.29, 0.717) is 36.2 Å². The van der Waals surface area contributed by atoms with Crippen molar-refractivity contribution in [3.05, 3.63) is 40.2 Å². The fourth-order valence-electron chi connectivity index (χ4n) is 2.42. The minimum absolute atomic E-state index is 0.0891. The van der Waals surface area contributed by atoms with Gasteiger partial charge in [0.2, 0.25) is 17.6 Å². The van der Waals surface area contributed by atoms with Crippen LogP contribution in [0.15, 0.2) is 28.1 Å². The first kappa shape index (κ1) is 18.8. The van der Waals surface area contributed by atoms with Gasteiger partial charge in [-0.3, -0.25) is 4.79 Å². The van der Waals surface area contributed by atoms with Crippen molar-refractivity contribution in [1.29, 1.82) is 0 Å². The molecule has 0 aliphatic carbocycles. The van der Waals surface area contributed by atoms with Gasteiger partial charge in [-0.15, -0.1) is 11.3 Å². The van der Waals surface area contributed by atoms with Crippen molar-refractivity contribution in [3.8, 4) is 22.9 Å². The molecular weight excluding hydrogens is 368 g/mol. The van der Waals surface area contributed by atoms with E-state index in [1.165, 1.54) is 11.3 Å². The molecule has 9 heteroatoms. The molecule has 0 radical (unpaired) electrons. The summed E-state index contributed by atoms with van der Waals surface area (Å²) in [7, 11) is 3.14. The molecule has 0 bridgehead atoms. The molecule has 2 aromatic heterocycles. The van der Waals surface area contributed by atoms with Crippen LogP contribution >= 0.6 is 11.3 Å². The zero-order chi connectivity index (χ0) is 19.2. The number of hydrogen-bond acceptors (Lipinski definition) is 8. The highest BCUT2D eigenvalue weighted by molar-refractivity contribution is 7.09. The number of aryl methyl sites for hydroxylation is 2. The fraction of sp³-hybridized carbons (Fsp3) is 0.333. The van der Waals surface area contributed by atoms with E-state index in [2.05, 4.69) is 20.4 Å². The second kappa shape index (κ2) is 8.63. The van der Waals surface area contributed by atoms with E-state index in [4.69, 9.17) is 14.0 Å². The van der Waals surface area contributed by atoms with Crippen molar-refractivity contribution < 1.29 is 18.8 Å². The molecule has 0 saturated heterocycles. The number of rotatable bonds is 8. The number of carbonyl (C=O) groups is 1. The van der Waals surface area contributed by atoms with Crippen molar-refractivity contribution in [2.24, 2.45) is 0 Å². The monoisotopic (exact) mass is 388 g/mol. The number of carbonyl (C=O) groups excluding carboxylic acids is 1. The molecule has 0 spiro atoms. The molecule has 3 rings (SSSR count). The van der Waals surface area contributed by atoms with Gasteiger partial charge in [-0.25, -0.2) is 4.98 Å². The van der Waals surface area contributed by atoms with Crippen LogP contribution in [0.1, 0.15) is 23.0 Å². The van der Waals surface area contributed by atoms with Gasteiger partial charge in [-0.1, -0.05) is 5.16 Å². The van der Waals surface area contributed by atoms with E-state index < -0.39 is 0 Å². The Morgan fingerprint density at radius 1 is 1.22 bits per heavy atom. The Hall–Kier alpha value is -2.94. The first-order valence-electron chi connectivity index (χ1n) is 8.31. The van der Waals surface area contributed by atoms with Gasteiger partial charge in [0.25, 0.3) is 0 Å². The Morgan fingerprint density at radius 3 is 2.74 bits per heavy atom. The van der Waals surface area contributed by atoms with Crippen LogP contribution in [0.5, 0.6) is 11.5 Å². The summed E-state index contributed by atoms with van der Waals surface area (Å²) in [5.74, 6) is 1.95. The van der Waals surface area contributed by atoms with E-state index in [9.17, 15) is 4.79 Å². The highest BCUT2D eigenvalue weighted by Crippen LogP contribution is 2.31. The van der Waals surface area contributed by atoms with Gasteiger partial charge in [0.15, 0.2) is 11.5 Å². The van der Waals surface area contributed by atoms with E-state index >= 15 is 0 Å². The van der Waals surface area contributed by atoms with Crippen molar-refractivity contribution in [2.75, 3.05) is 14.2 Å². The molecule has 0 fully saturated rings. The van der Waals surface area contributed by atoms with Gasteiger partial charge in [-0.2, -0.15) is 4.98 Å². The van der Waals surface area contributed by atoms with Crippen molar-refractivity contribution in [2.45, 2.75) is 26.3 Å². The Morgan fingerprint density at radius 2 is 2.04 bits per heavy atom. The maximum atomic E-state index is 12.0. The standard InChI is InChI=1S/C18H20N4O4S/c1-11-10-27-17(20-11)9-19-15(23)6-7-16-21-18(22-26-16)12-4-5-13(24-2)14(8-12)25-3/h4-5,8,10H,6-7,9H2,1-3H3,(H,19,23). The summed E-state index contributed by atoms with van der Waals surface area (Å²) in [5, 5.41) is 9.64. The van der Waals surface area contributed by atoms with E-state index in [-0.39, 0.29) is 12.3 Å². The topological polar surface area (TPSA) is 99.4 Å². The molecule has 8 nitrogen and oxygen atoms in total. The quantitative estimate of drug-likeness (QED) is 0.633. The number of ether oxygens (including phenoxy) is 2. The SMILES string of the molecule is COc1ccc(-c2noc(CCC(=O)NCc3nc(C)cs3)n2)cc1OC. The Kier molecular flexibility index (Phi) is 6.02. The van der Waals surface area contributed by atoms with Crippen molar-refractivity contribution in [1.82, 2.24) is 20.4 Å². The lowest BCUT2D eigenvalue weighted by atomic mass is 10.2. The number of amides is 1. The lowest BCUT2D eigenvalue weighted by molar-refractivity contribution is -0.121. The van der Waals surface area contributed by atoms with Crippen LogP contribution in [0, 0.1) is 6.92 Å². The van der Waals surface area contributed by atoms with Crippen LogP contribution in [0.25, 0.3) is 11.4 Å². The van der Waals surface area contributed by atoms with Crippen LogP contribution in [0.3, 0.4) is 0 Å². The molecule has 0 atom stereocenters. The summed E-state index contributed by atoms with van der Waals surface area (Å²) in [6.45, 7) is 2.35. The van der Waals surface area contributed by atoms with E-state index in [0.717, 1.165) is 16.3 Å². The summed E-state index contributed by atoms with van der Waals surface area (Å²) in [6, 6.07) is 5.37. The molecule has 2 heterocycles. The third-order valence-electron chi connectivity index (χ3n) is 3.78. The molecule has 0 saturated carbocycles. The largest absolute Gasteiger partial charge is 0.493 e. The van der Waals surface area contributed by atoms with Crippen LogP contribution in [-0.4, -0.2) is 35.3 Å². The molecule has 1 aromatic carbocycles. The highest BCUT2D eigenvalue weighted by atomic mass is 32.1. The summed E-state index contributed by atoms with van der Waals surface area (Å²) in [6.07, 6.45) is 0.626. The number of benzene rings is 1. The number of aromatic nitrogens is 3. The van der Waals surface area contributed by atoms with Crippen molar-refractivity contribution in [3.63, 3.8) is 0 Å². The zero-order valence-electron chi connectivity index (χ0n) is 15.3. The summed E-state index contributed by atoms with van der Waals surface area (Å²) < 4.78 is 15.7. The van der Waals surface area contributed by atoms with Crippen LogP contribution in [0.4, 0.5) is 0 Å². The summed E-state index contributed by atoms with van der Waals surface area (Å²) in [4.78, 5) is 20.6. The number of nitrogens with zero attached hydrogens (tertiary/aromatic N) is 3. The van der Waals surface area contributed by atoms with Crippen LogP contribution in [0.2, 0.25) is 0 Å². The normalized spacial score (nSPS) is 10.6. The lowest BCUT2D eigenvalue weighted by Crippen LogP contribution is -2.22. The molecule has 1 amide bonds. The fourth-order valence-corrected chi connectivity index (χ4v) is 3.13. The number of thiazole rings is 1. The lowest BCUT2D eigenvalue weighted by Gasteiger charge is -2.07. The smallest absolute Gasteiger partial charge is 0.227 e. The summed E-state index contributed by atoms with van der Waals surface area (Å²) >= 11 is 1.53. The average molecular weight is 388 g/mol. The molecule has 3 aromatic rings. The van der Waals surface area contributed by atoms with Crippen LogP contribution < -0.4 is 14.8 Å². The Labute approximate surface area is 160 Å².